The maximum Gasteiger partial charge on any atom is 0.229 e. The van der Waals surface area contributed by atoms with Gasteiger partial charge in [-0.15, -0.1) is 0 Å². The van der Waals surface area contributed by atoms with E-state index >= 15 is 0 Å². The number of carbonyl (C=O) groups excluding carboxylic acids is 1. The number of rotatable bonds is 3. The van der Waals surface area contributed by atoms with Gasteiger partial charge in [-0.05, 0) is 43.9 Å². The fraction of sp³-hybridized carbons (Fsp3) is 0.692. The summed E-state index contributed by atoms with van der Waals surface area (Å²) in [7, 11) is 0. The van der Waals surface area contributed by atoms with Crippen molar-refractivity contribution in [2.24, 2.45) is 17.8 Å². The first-order valence-electron chi connectivity index (χ1n) is 6.63. The first-order valence-corrected chi connectivity index (χ1v) is 6.63. The summed E-state index contributed by atoms with van der Waals surface area (Å²) >= 11 is 0. The molecule has 2 N–H and O–H groups in total. The van der Waals surface area contributed by atoms with E-state index in [0.29, 0.717) is 17.7 Å². The van der Waals surface area contributed by atoms with Crippen molar-refractivity contribution in [1.82, 2.24) is 10.2 Å². The van der Waals surface area contributed by atoms with Gasteiger partial charge in [0.05, 0.1) is 0 Å². The minimum atomic E-state index is 0.184. The van der Waals surface area contributed by atoms with Crippen molar-refractivity contribution >= 4 is 11.7 Å². The van der Waals surface area contributed by atoms with Crippen LogP contribution in [0.2, 0.25) is 0 Å². The average Bonchev–Trinajstić information content (AvgIpc) is 3.02. The van der Waals surface area contributed by atoms with Crippen LogP contribution in [0.4, 0.5) is 5.82 Å². The third-order valence-electron chi connectivity index (χ3n) is 4.40. The molecule has 0 radical (unpaired) electrons. The number of aromatic amines is 1. The molecule has 2 fully saturated rings. The number of aromatic nitrogens is 2. The topological polar surface area (TPSA) is 57.8 Å². The lowest BCUT2D eigenvalue weighted by Gasteiger charge is -2.13. The summed E-state index contributed by atoms with van der Waals surface area (Å²) in [4.78, 5) is 12.2. The lowest BCUT2D eigenvalue weighted by Crippen LogP contribution is -2.26. The van der Waals surface area contributed by atoms with E-state index in [1.165, 1.54) is 25.7 Å². The first kappa shape index (κ1) is 10.8. The van der Waals surface area contributed by atoms with E-state index in [-0.39, 0.29) is 11.8 Å². The summed E-state index contributed by atoms with van der Waals surface area (Å²) in [5.74, 6) is 2.37. The highest BCUT2D eigenvalue weighted by Crippen LogP contribution is 2.49. The number of amides is 1. The van der Waals surface area contributed by atoms with Gasteiger partial charge in [0.1, 0.15) is 0 Å². The molecule has 2 aliphatic carbocycles. The van der Waals surface area contributed by atoms with Gasteiger partial charge < -0.3 is 5.32 Å². The molecule has 4 heteroatoms. The normalized spacial score (nSPS) is 30.8. The van der Waals surface area contributed by atoms with Gasteiger partial charge in [0.25, 0.3) is 0 Å². The number of hydrogen-bond donors (Lipinski definition) is 2. The predicted octanol–water partition coefficient (Wildman–Crippen LogP) is 2.35. The van der Waals surface area contributed by atoms with Crippen molar-refractivity contribution < 1.29 is 4.79 Å². The lowest BCUT2D eigenvalue weighted by atomic mass is 9.97. The van der Waals surface area contributed by atoms with Crippen LogP contribution in [-0.2, 0) is 11.2 Å². The Kier molecular flexibility index (Phi) is 2.65. The van der Waals surface area contributed by atoms with Crippen LogP contribution in [0.1, 0.15) is 38.3 Å². The number of hydrogen-bond acceptors (Lipinski definition) is 2. The molecule has 92 valence electrons. The third-order valence-corrected chi connectivity index (χ3v) is 4.40. The molecule has 3 rings (SSSR count). The maximum atomic E-state index is 12.2. The number of fused-ring (bicyclic) bond motifs is 2. The molecule has 0 atom stereocenters. The van der Waals surface area contributed by atoms with Crippen LogP contribution < -0.4 is 5.32 Å². The molecule has 0 aromatic carbocycles. The number of aryl methyl sites for hydroxylation is 1. The van der Waals surface area contributed by atoms with Gasteiger partial charge in [-0.3, -0.25) is 9.89 Å². The van der Waals surface area contributed by atoms with Gasteiger partial charge in [0, 0.05) is 17.7 Å². The van der Waals surface area contributed by atoms with Crippen molar-refractivity contribution in [3.63, 3.8) is 0 Å². The van der Waals surface area contributed by atoms with E-state index in [2.05, 4.69) is 22.4 Å². The van der Waals surface area contributed by atoms with Crippen LogP contribution >= 0.6 is 0 Å². The Hall–Kier alpha value is -1.32. The number of nitrogens with one attached hydrogen (secondary N) is 2. The highest BCUT2D eigenvalue weighted by atomic mass is 16.2. The molecule has 1 aromatic heterocycles. The van der Waals surface area contributed by atoms with E-state index in [4.69, 9.17) is 0 Å². The zero-order chi connectivity index (χ0) is 11.8. The van der Waals surface area contributed by atoms with Gasteiger partial charge in [-0.2, -0.15) is 5.10 Å². The summed E-state index contributed by atoms with van der Waals surface area (Å²) in [5, 5.41) is 9.99. The Labute approximate surface area is 101 Å². The van der Waals surface area contributed by atoms with Gasteiger partial charge >= 0.3 is 0 Å². The quantitative estimate of drug-likeness (QED) is 0.842. The Morgan fingerprint density at radius 1 is 1.41 bits per heavy atom. The highest BCUT2D eigenvalue weighted by molar-refractivity contribution is 5.92. The molecule has 1 amide bonds. The molecule has 2 aliphatic rings. The van der Waals surface area contributed by atoms with E-state index in [1.807, 2.05) is 6.07 Å². The molecule has 2 bridgehead atoms. The molecule has 4 nitrogen and oxygen atoms in total. The van der Waals surface area contributed by atoms with Crippen molar-refractivity contribution in [3.05, 3.63) is 11.8 Å². The third kappa shape index (κ3) is 1.85. The second kappa shape index (κ2) is 4.17. The van der Waals surface area contributed by atoms with E-state index in [1.54, 1.807) is 0 Å². The van der Waals surface area contributed by atoms with Crippen LogP contribution in [0, 0.1) is 17.8 Å². The Bertz CT molecular complexity index is 406. The summed E-state index contributed by atoms with van der Waals surface area (Å²) in [6.07, 6.45) is 5.87. The molecule has 0 unspecified atom stereocenters. The maximum absolute atomic E-state index is 12.2. The zero-order valence-corrected chi connectivity index (χ0v) is 10.2. The predicted molar refractivity (Wildman–Crippen MR) is 65.5 cm³/mol. The smallest absolute Gasteiger partial charge is 0.229 e. The minimum Gasteiger partial charge on any atom is -0.309 e. The van der Waals surface area contributed by atoms with Crippen molar-refractivity contribution in [2.45, 2.75) is 39.0 Å². The van der Waals surface area contributed by atoms with Crippen molar-refractivity contribution in [3.8, 4) is 0 Å². The summed E-state index contributed by atoms with van der Waals surface area (Å²) in [6, 6.07) is 1.93. The fourth-order valence-electron chi connectivity index (χ4n) is 3.49. The van der Waals surface area contributed by atoms with Crippen LogP contribution in [0.25, 0.3) is 0 Å². The van der Waals surface area contributed by atoms with Crippen LogP contribution in [-0.4, -0.2) is 16.1 Å². The van der Waals surface area contributed by atoms with E-state index < -0.39 is 0 Å². The minimum absolute atomic E-state index is 0.184. The summed E-state index contributed by atoms with van der Waals surface area (Å²) in [5.41, 5.74) is 1.06. The zero-order valence-electron chi connectivity index (χ0n) is 10.2. The molecular weight excluding hydrogens is 214 g/mol. The summed E-state index contributed by atoms with van der Waals surface area (Å²) < 4.78 is 0. The van der Waals surface area contributed by atoms with Gasteiger partial charge in [-0.25, -0.2) is 0 Å². The van der Waals surface area contributed by atoms with Gasteiger partial charge in [0.15, 0.2) is 5.82 Å². The molecule has 0 spiro atoms. The molecule has 0 aliphatic heterocycles. The largest absolute Gasteiger partial charge is 0.309 e. The molecular formula is C13H19N3O. The van der Waals surface area contributed by atoms with Crippen molar-refractivity contribution in [2.75, 3.05) is 5.32 Å². The number of nitrogens with zero attached hydrogens (tertiary/aromatic N) is 1. The van der Waals surface area contributed by atoms with E-state index in [0.717, 1.165) is 12.1 Å². The Morgan fingerprint density at radius 3 is 2.59 bits per heavy atom. The second-order valence-electron chi connectivity index (χ2n) is 5.32. The molecule has 1 aromatic rings. The monoisotopic (exact) mass is 233 g/mol. The Balaban J connectivity index is 1.67. The number of H-pyrrole nitrogens is 1. The second-order valence-corrected chi connectivity index (χ2v) is 5.32. The van der Waals surface area contributed by atoms with Crippen LogP contribution in [0.5, 0.6) is 0 Å². The SMILES string of the molecule is CCc1cc(NC(=O)C2C3CCC2CC3)n[nH]1. The molecule has 0 saturated heterocycles. The molecule has 17 heavy (non-hydrogen) atoms. The van der Waals surface area contributed by atoms with E-state index in [9.17, 15) is 4.79 Å². The highest BCUT2D eigenvalue weighted by Gasteiger charge is 2.45. The molecule has 1 heterocycles. The Morgan fingerprint density at radius 2 is 2.06 bits per heavy atom. The number of anilines is 1. The lowest BCUT2D eigenvalue weighted by molar-refractivity contribution is -0.121. The number of carbonyl (C=O) groups is 1. The first-order chi connectivity index (χ1) is 8.28. The fourth-order valence-corrected chi connectivity index (χ4v) is 3.49. The molecule has 2 saturated carbocycles. The van der Waals surface area contributed by atoms with Crippen LogP contribution in [0.15, 0.2) is 6.07 Å². The van der Waals surface area contributed by atoms with Crippen LogP contribution in [0.3, 0.4) is 0 Å². The van der Waals surface area contributed by atoms with Gasteiger partial charge in [0.2, 0.25) is 5.91 Å². The van der Waals surface area contributed by atoms with Crippen molar-refractivity contribution in [1.29, 1.82) is 0 Å². The standard InChI is InChI=1S/C13H19N3O/c1-2-10-7-11(16-15-10)14-13(17)12-8-3-4-9(12)6-5-8/h7-9,12H,2-6H2,1H3,(H2,14,15,16,17). The summed E-state index contributed by atoms with van der Waals surface area (Å²) in [6.45, 7) is 2.07. The average molecular weight is 233 g/mol. The van der Waals surface area contributed by atoms with Gasteiger partial charge in [-0.1, -0.05) is 6.92 Å².